The van der Waals surface area contributed by atoms with Crippen LogP contribution in [0.3, 0.4) is 0 Å². The summed E-state index contributed by atoms with van der Waals surface area (Å²) < 4.78 is 0. The van der Waals surface area contributed by atoms with Gasteiger partial charge in [0, 0.05) is 31.3 Å². The quantitative estimate of drug-likeness (QED) is 0.818. The minimum absolute atomic E-state index is 0.125. The summed E-state index contributed by atoms with van der Waals surface area (Å²) in [5.74, 6) is 0.432. The van der Waals surface area contributed by atoms with E-state index in [-0.39, 0.29) is 11.4 Å². The topological polar surface area (TPSA) is 88.3 Å². The summed E-state index contributed by atoms with van der Waals surface area (Å²) in [6.07, 6.45) is 5.08. The second-order valence-corrected chi connectivity index (χ2v) is 5.62. The summed E-state index contributed by atoms with van der Waals surface area (Å²) >= 11 is 0. The van der Waals surface area contributed by atoms with E-state index in [4.69, 9.17) is 5.73 Å². The maximum atomic E-state index is 11.5. The third-order valence-corrected chi connectivity index (χ3v) is 4.17. The Hall–Kier alpha value is -2.11. The number of nitrogens with two attached hydrogens (primary N) is 1. The highest BCUT2D eigenvalue weighted by atomic mass is 16.2. The molecule has 2 aliphatic rings. The number of pyridine rings is 1. The zero-order chi connectivity index (χ0) is 14.2. The highest BCUT2D eigenvalue weighted by Gasteiger charge is 2.41. The number of amides is 2. The van der Waals surface area contributed by atoms with Gasteiger partial charge < -0.3 is 16.0 Å². The van der Waals surface area contributed by atoms with E-state index >= 15 is 0 Å². The second-order valence-electron chi connectivity index (χ2n) is 5.62. The predicted molar refractivity (Wildman–Crippen MR) is 74.3 cm³/mol. The van der Waals surface area contributed by atoms with E-state index in [0.29, 0.717) is 12.0 Å². The zero-order valence-electron chi connectivity index (χ0n) is 11.3. The lowest BCUT2D eigenvalue weighted by atomic mass is 9.87. The lowest BCUT2D eigenvalue weighted by Crippen LogP contribution is -2.55. The van der Waals surface area contributed by atoms with Crippen LogP contribution < -0.4 is 16.0 Å². The van der Waals surface area contributed by atoms with Crippen molar-refractivity contribution in [3.63, 3.8) is 0 Å². The lowest BCUT2D eigenvalue weighted by Gasteiger charge is -2.40. The van der Waals surface area contributed by atoms with Gasteiger partial charge in [0.2, 0.25) is 11.8 Å². The van der Waals surface area contributed by atoms with Gasteiger partial charge in [-0.15, -0.1) is 0 Å². The number of carbonyl (C=O) groups excluding carboxylic acids is 2. The number of nitrogens with one attached hydrogen (secondary N) is 1. The molecule has 1 unspecified atom stereocenters. The molecule has 3 heterocycles. The molecule has 3 N–H and O–H groups in total. The number of hydrogen-bond acceptors (Lipinski definition) is 4. The van der Waals surface area contributed by atoms with Gasteiger partial charge in [0.25, 0.3) is 0 Å². The molecule has 1 spiro atoms. The first-order valence-electron chi connectivity index (χ1n) is 6.90. The molecule has 106 valence electrons. The highest BCUT2D eigenvalue weighted by molar-refractivity contribution is 5.93. The minimum atomic E-state index is -0.449. The van der Waals surface area contributed by atoms with Crippen molar-refractivity contribution in [1.82, 2.24) is 10.3 Å². The Balaban J connectivity index is 1.82. The summed E-state index contributed by atoms with van der Waals surface area (Å²) in [5.41, 5.74) is 5.64. The molecule has 1 atom stereocenters. The number of piperidine rings is 1. The van der Waals surface area contributed by atoms with Crippen molar-refractivity contribution in [2.24, 2.45) is 5.73 Å². The largest absolute Gasteiger partial charge is 0.366 e. The van der Waals surface area contributed by atoms with Crippen molar-refractivity contribution in [1.29, 1.82) is 0 Å². The molecule has 3 rings (SSSR count). The Morgan fingerprint density at radius 2 is 2.30 bits per heavy atom. The summed E-state index contributed by atoms with van der Waals surface area (Å²) in [6, 6.07) is 3.33. The van der Waals surface area contributed by atoms with Crippen LogP contribution >= 0.6 is 0 Å². The summed E-state index contributed by atoms with van der Waals surface area (Å²) in [7, 11) is 0. The van der Waals surface area contributed by atoms with Crippen LogP contribution in [0.2, 0.25) is 0 Å². The van der Waals surface area contributed by atoms with Crippen LogP contribution in [0, 0.1) is 0 Å². The minimum Gasteiger partial charge on any atom is -0.366 e. The van der Waals surface area contributed by atoms with Gasteiger partial charge in [0.1, 0.15) is 5.82 Å². The fourth-order valence-electron chi connectivity index (χ4n) is 3.15. The maximum absolute atomic E-state index is 11.5. The van der Waals surface area contributed by atoms with Gasteiger partial charge in [0.15, 0.2) is 0 Å². The van der Waals surface area contributed by atoms with Gasteiger partial charge >= 0.3 is 0 Å². The van der Waals surface area contributed by atoms with Crippen LogP contribution in [0.4, 0.5) is 5.82 Å². The Morgan fingerprint density at radius 1 is 1.45 bits per heavy atom. The van der Waals surface area contributed by atoms with E-state index in [1.165, 1.54) is 0 Å². The Labute approximate surface area is 117 Å². The summed E-state index contributed by atoms with van der Waals surface area (Å²) in [4.78, 5) is 29.2. The van der Waals surface area contributed by atoms with Crippen molar-refractivity contribution in [3.8, 4) is 0 Å². The number of primary amides is 1. The molecule has 20 heavy (non-hydrogen) atoms. The monoisotopic (exact) mass is 274 g/mol. The van der Waals surface area contributed by atoms with Crippen molar-refractivity contribution >= 4 is 17.6 Å². The first-order chi connectivity index (χ1) is 9.58. The number of hydrogen-bond donors (Lipinski definition) is 2. The third kappa shape index (κ3) is 2.33. The fourth-order valence-corrected chi connectivity index (χ4v) is 3.15. The molecule has 2 aliphatic heterocycles. The molecule has 0 saturated carbocycles. The smallest absolute Gasteiger partial charge is 0.248 e. The number of carbonyl (C=O) groups is 2. The first kappa shape index (κ1) is 12.9. The molecule has 0 aromatic carbocycles. The molecule has 2 fully saturated rings. The molecule has 0 radical (unpaired) electrons. The van der Waals surface area contributed by atoms with Gasteiger partial charge in [-0.3, -0.25) is 9.59 Å². The van der Waals surface area contributed by atoms with Gasteiger partial charge in [-0.25, -0.2) is 4.98 Å². The SMILES string of the molecule is NC(=O)c1ccnc(N2CCCC3(CCC(=O)N3)C2)c1. The molecular weight excluding hydrogens is 256 g/mol. The highest BCUT2D eigenvalue weighted by Crippen LogP contribution is 2.32. The molecule has 6 nitrogen and oxygen atoms in total. The van der Waals surface area contributed by atoms with Gasteiger partial charge in [-0.05, 0) is 31.4 Å². The number of aromatic nitrogens is 1. The Morgan fingerprint density at radius 3 is 3.00 bits per heavy atom. The van der Waals surface area contributed by atoms with Crippen LogP contribution in [-0.2, 0) is 4.79 Å². The van der Waals surface area contributed by atoms with Crippen LogP contribution in [0.1, 0.15) is 36.0 Å². The first-order valence-corrected chi connectivity index (χ1v) is 6.90. The standard InChI is InChI=1S/C14H18N4O2/c15-13(20)10-3-6-16-11(8-10)18-7-1-4-14(9-18)5-2-12(19)17-14/h3,6,8H,1-2,4-5,7,9H2,(H2,15,20)(H,17,19). The van der Waals surface area contributed by atoms with Gasteiger partial charge in [-0.1, -0.05) is 0 Å². The Kier molecular flexibility index (Phi) is 3.08. The van der Waals surface area contributed by atoms with Crippen molar-refractivity contribution in [2.75, 3.05) is 18.0 Å². The molecule has 1 aromatic rings. The second kappa shape index (κ2) is 4.77. The average Bonchev–Trinajstić information content (AvgIpc) is 2.79. The molecule has 6 heteroatoms. The van der Waals surface area contributed by atoms with E-state index in [2.05, 4.69) is 15.2 Å². The molecular formula is C14H18N4O2. The lowest BCUT2D eigenvalue weighted by molar-refractivity contribution is -0.119. The molecule has 0 aliphatic carbocycles. The van der Waals surface area contributed by atoms with Crippen LogP contribution in [0.5, 0.6) is 0 Å². The third-order valence-electron chi connectivity index (χ3n) is 4.17. The molecule has 2 amide bonds. The van der Waals surface area contributed by atoms with E-state index in [1.54, 1.807) is 18.3 Å². The van der Waals surface area contributed by atoms with E-state index in [0.717, 1.165) is 38.2 Å². The number of anilines is 1. The van der Waals surface area contributed by atoms with Crippen LogP contribution in [0.15, 0.2) is 18.3 Å². The number of nitrogens with zero attached hydrogens (tertiary/aromatic N) is 2. The summed E-state index contributed by atoms with van der Waals surface area (Å²) in [6.45, 7) is 1.63. The number of rotatable bonds is 2. The van der Waals surface area contributed by atoms with Crippen molar-refractivity contribution in [3.05, 3.63) is 23.9 Å². The molecule has 1 aromatic heterocycles. The van der Waals surface area contributed by atoms with Crippen molar-refractivity contribution in [2.45, 2.75) is 31.2 Å². The van der Waals surface area contributed by atoms with Crippen molar-refractivity contribution < 1.29 is 9.59 Å². The predicted octanol–water partition coefficient (Wildman–Crippen LogP) is 0.429. The van der Waals surface area contributed by atoms with Gasteiger partial charge in [0.05, 0.1) is 5.54 Å². The van der Waals surface area contributed by atoms with Crippen LogP contribution in [0.25, 0.3) is 0 Å². The van der Waals surface area contributed by atoms with E-state index in [1.807, 2.05) is 0 Å². The van der Waals surface area contributed by atoms with E-state index in [9.17, 15) is 9.59 Å². The maximum Gasteiger partial charge on any atom is 0.248 e. The van der Waals surface area contributed by atoms with Gasteiger partial charge in [-0.2, -0.15) is 0 Å². The average molecular weight is 274 g/mol. The fraction of sp³-hybridized carbons (Fsp3) is 0.500. The summed E-state index contributed by atoms with van der Waals surface area (Å²) in [5, 5.41) is 3.11. The normalized spacial score (nSPS) is 25.8. The molecule has 0 bridgehead atoms. The van der Waals surface area contributed by atoms with Crippen LogP contribution in [-0.4, -0.2) is 35.4 Å². The zero-order valence-corrected chi connectivity index (χ0v) is 11.3. The Bertz CT molecular complexity index is 560. The molecule has 2 saturated heterocycles. The van der Waals surface area contributed by atoms with E-state index < -0.39 is 5.91 Å².